The van der Waals surface area contributed by atoms with E-state index in [0.717, 1.165) is 22.4 Å². The van der Waals surface area contributed by atoms with Crippen LogP contribution in [-0.4, -0.2) is 20.5 Å². The van der Waals surface area contributed by atoms with E-state index in [9.17, 15) is 0 Å². The molecule has 3 heteroatoms. The molecule has 0 N–H and O–H groups in total. The van der Waals surface area contributed by atoms with Crippen LogP contribution in [0.5, 0.6) is 11.5 Å². The second kappa shape index (κ2) is 5.74. The van der Waals surface area contributed by atoms with E-state index in [2.05, 4.69) is 12.1 Å². The summed E-state index contributed by atoms with van der Waals surface area (Å²) in [7, 11) is 1.61. The SMILES string of the molecule is CCOc1cc2ccccc2c(C)c1OCOC. The Hall–Kier alpha value is -1.74. The molecule has 0 saturated heterocycles. The average molecular weight is 246 g/mol. The minimum absolute atomic E-state index is 0.221. The molecule has 0 aromatic heterocycles. The Kier molecular flexibility index (Phi) is 4.05. The molecule has 0 heterocycles. The highest BCUT2D eigenvalue weighted by molar-refractivity contribution is 5.89. The lowest BCUT2D eigenvalue weighted by Gasteiger charge is -2.16. The smallest absolute Gasteiger partial charge is 0.188 e. The Morgan fingerprint density at radius 2 is 1.89 bits per heavy atom. The van der Waals surface area contributed by atoms with Crippen molar-refractivity contribution in [3.05, 3.63) is 35.9 Å². The second-order valence-corrected chi connectivity index (χ2v) is 4.03. The van der Waals surface area contributed by atoms with Gasteiger partial charge in [0.25, 0.3) is 0 Å². The van der Waals surface area contributed by atoms with E-state index >= 15 is 0 Å². The lowest BCUT2D eigenvalue weighted by molar-refractivity contribution is 0.0483. The fourth-order valence-corrected chi connectivity index (χ4v) is 2.04. The van der Waals surface area contributed by atoms with Crippen LogP contribution in [0.1, 0.15) is 12.5 Å². The highest BCUT2D eigenvalue weighted by Gasteiger charge is 2.12. The average Bonchev–Trinajstić information content (AvgIpc) is 2.39. The molecular weight excluding hydrogens is 228 g/mol. The largest absolute Gasteiger partial charge is 0.490 e. The molecule has 0 aliphatic heterocycles. The summed E-state index contributed by atoms with van der Waals surface area (Å²) in [5.74, 6) is 1.53. The molecule has 0 aliphatic carbocycles. The van der Waals surface area contributed by atoms with Crippen LogP contribution >= 0.6 is 0 Å². The summed E-state index contributed by atoms with van der Waals surface area (Å²) in [6.45, 7) is 4.83. The second-order valence-electron chi connectivity index (χ2n) is 4.03. The third-order valence-corrected chi connectivity index (χ3v) is 2.84. The van der Waals surface area contributed by atoms with Crippen molar-refractivity contribution in [2.75, 3.05) is 20.5 Å². The van der Waals surface area contributed by atoms with Crippen molar-refractivity contribution in [3.8, 4) is 11.5 Å². The molecule has 0 saturated carbocycles. The number of hydrogen-bond acceptors (Lipinski definition) is 3. The molecule has 96 valence electrons. The summed E-state index contributed by atoms with van der Waals surface area (Å²) < 4.78 is 16.2. The third kappa shape index (κ3) is 2.41. The molecule has 0 radical (unpaired) electrons. The first kappa shape index (κ1) is 12.7. The van der Waals surface area contributed by atoms with Gasteiger partial charge < -0.3 is 14.2 Å². The van der Waals surface area contributed by atoms with E-state index in [1.807, 2.05) is 32.0 Å². The zero-order valence-corrected chi connectivity index (χ0v) is 11.0. The minimum Gasteiger partial charge on any atom is -0.490 e. The summed E-state index contributed by atoms with van der Waals surface area (Å²) in [5, 5.41) is 2.33. The quantitative estimate of drug-likeness (QED) is 0.755. The van der Waals surface area contributed by atoms with Crippen LogP contribution < -0.4 is 9.47 Å². The monoisotopic (exact) mass is 246 g/mol. The first-order valence-electron chi connectivity index (χ1n) is 6.04. The first-order chi connectivity index (χ1) is 8.77. The predicted octanol–water partition coefficient (Wildman–Crippen LogP) is 3.53. The van der Waals surface area contributed by atoms with Crippen LogP contribution in [0.4, 0.5) is 0 Å². The number of ether oxygens (including phenoxy) is 3. The molecule has 0 bridgehead atoms. The van der Waals surface area contributed by atoms with Gasteiger partial charge in [-0.25, -0.2) is 0 Å². The molecule has 2 rings (SSSR count). The van der Waals surface area contributed by atoms with E-state index in [-0.39, 0.29) is 6.79 Å². The van der Waals surface area contributed by atoms with Crippen LogP contribution in [0, 0.1) is 6.92 Å². The zero-order chi connectivity index (χ0) is 13.0. The van der Waals surface area contributed by atoms with Gasteiger partial charge in [-0.15, -0.1) is 0 Å². The summed E-state index contributed by atoms with van der Waals surface area (Å²) >= 11 is 0. The van der Waals surface area contributed by atoms with Gasteiger partial charge in [-0.2, -0.15) is 0 Å². The number of methoxy groups -OCH3 is 1. The number of fused-ring (bicyclic) bond motifs is 1. The Balaban J connectivity index is 2.55. The van der Waals surface area contributed by atoms with Crippen molar-refractivity contribution in [2.45, 2.75) is 13.8 Å². The Morgan fingerprint density at radius 3 is 2.61 bits per heavy atom. The standard InChI is InChI=1S/C15H18O3/c1-4-17-14-9-12-7-5-6-8-13(12)11(2)15(14)18-10-16-3/h5-9H,4,10H2,1-3H3. The number of benzene rings is 2. The summed E-state index contributed by atoms with van der Waals surface area (Å²) in [6.07, 6.45) is 0. The number of aryl methyl sites for hydroxylation is 1. The Morgan fingerprint density at radius 1 is 1.11 bits per heavy atom. The van der Waals surface area contributed by atoms with Crippen molar-refractivity contribution in [1.29, 1.82) is 0 Å². The summed E-state index contributed by atoms with van der Waals surface area (Å²) in [4.78, 5) is 0. The maximum absolute atomic E-state index is 5.64. The molecule has 0 amide bonds. The van der Waals surface area contributed by atoms with Crippen LogP contribution in [0.25, 0.3) is 10.8 Å². The van der Waals surface area contributed by atoms with E-state index in [4.69, 9.17) is 14.2 Å². The first-order valence-corrected chi connectivity index (χ1v) is 6.04. The molecule has 3 nitrogen and oxygen atoms in total. The predicted molar refractivity (Wildman–Crippen MR) is 72.4 cm³/mol. The Labute approximate surface area is 107 Å². The van der Waals surface area contributed by atoms with E-state index < -0.39 is 0 Å². The van der Waals surface area contributed by atoms with Crippen LogP contribution in [0.15, 0.2) is 30.3 Å². The molecule has 2 aromatic rings. The third-order valence-electron chi connectivity index (χ3n) is 2.84. The van der Waals surface area contributed by atoms with Gasteiger partial charge in [-0.1, -0.05) is 24.3 Å². The highest BCUT2D eigenvalue weighted by atomic mass is 16.7. The van der Waals surface area contributed by atoms with Crippen molar-refractivity contribution < 1.29 is 14.2 Å². The van der Waals surface area contributed by atoms with Gasteiger partial charge in [-0.3, -0.25) is 0 Å². The molecule has 0 aliphatic rings. The van der Waals surface area contributed by atoms with Crippen molar-refractivity contribution in [1.82, 2.24) is 0 Å². The molecule has 0 spiro atoms. The minimum atomic E-state index is 0.221. The van der Waals surface area contributed by atoms with Gasteiger partial charge in [-0.05, 0) is 30.7 Å². The normalized spacial score (nSPS) is 10.6. The van der Waals surface area contributed by atoms with E-state index in [1.54, 1.807) is 7.11 Å². The molecule has 0 atom stereocenters. The fourth-order valence-electron chi connectivity index (χ4n) is 2.04. The maximum Gasteiger partial charge on any atom is 0.188 e. The van der Waals surface area contributed by atoms with Crippen LogP contribution in [-0.2, 0) is 4.74 Å². The van der Waals surface area contributed by atoms with Crippen LogP contribution in [0.3, 0.4) is 0 Å². The lowest BCUT2D eigenvalue weighted by Crippen LogP contribution is -2.04. The van der Waals surface area contributed by atoms with Crippen molar-refractivity contribution in [2.24, 2.45) is 0 Å². The maximum atomic E-state index is 5.64. The Bertz CT molecular complexity index is 534. The van der Waals surface area contributed by atoms with Crippen LogP contribution in [0.2, 0.25) is 0 Å². The van der Waals surface area contributed by atoms with Gasteiger partial charge in [0, 0.05) is 12.7 Å². The molecule has 0 fully saturated rings. The van der Waals surface area contributed by atoms with Gasteiger partial charge >= 0.3 is 0 Å². The highest BCUT2D eigenvalue weighted by Crippen LogP contribution is 2.37. The number of rotatable bonds is 5. The van der Waals surface area contributed by atoms with E-state index in [1.165, 1.54) is 5.39 Å². The van der Waals surface area contributed by atoms with Gasteiger partial charge in [0.15, 0.2) is 18.3 Å². The van der Waals surface area contributed by atoms with E-state index in [0.29, 0.717) is 6.61 Å². The summed E-state index contributed by atoms with van der Waals surface area (Å²) in [6, 6.07) is 10.2. The fraction of sp³-hybridized carbons (Fsp3) is 0.333. The van der Waals surface area contributed by atoms with Gasteiger partial charge in [0.2, 0.25) is 0 Å². The van der Waals surface area contributed by atoms with Crippen molar-refractivity contribution in [3.63, 3.8) is 0 Å². The molecule has 18 heavy (non-hydrogen) atoms. The molecular formula is C15H18O3. The van der Waals surface area contributed by atoms with Gasteiger partial charge in [0.05, 0.1) is 6.61 Å². The molecule has 2 aromatic carbocycles. The summed E-state index contributed by atoms with van der Waals surface area (Å²) in [5.41, 5.74) is 1.08. The molecule has 0 unspecified atom stereocenters. The number of hydrogen-bond donors (Lipinski definition) is 0. The zero-order valence-electron chi connectivity index (χ0n) is 11.0. The van der Waals surface area contributed by atoms with Crippen molar-refractivity contribution >= 4 is 10.8 Å². The topological polar surface area (TPSA) is 27.7 Å². The van der Waals surface area contributed by atoms with Gasteiger partial charge in [0.1, 0.15) is 0 Å². The lowest BCUT2D eigenvalue weighted by atomic mass is 10.0.